The second kappa shape index (κ2) is 8.98. The molecule has 1 atom stereocenters. The lowest BCUT2D eigenvalue weighted by molar-refractivity contribution is -0.203. The van der Waals surface area contributed by atoms with E-state index in [4.69, 9.17) is 0 Å². The number of carbonyl (C=O) groups is 2. The zero-order chi connectivity index (χ0) is 21.9. The van der Waals surface area contributed by atoms with Gasteiger partial charge in [0.25, 0.3) is 0 Å². The van der Waals surface area contributed by atoms with Crippen LogP contribution in [0.1, 0.15) is 12.8 Å². The van der Waals surface area contributed by atoms with Crippen molar-refractivity contribution in [1.29, 1.82) is 0 Å². The van der Waals surface area contributed by atoms with E-state index < -0.39 is 50.3 Å². The van der Waals surface area contributed by atoms with Gasteiger partial charge in [-0.1, -0.05) is 12.1 Å². The fourth-order valence-electron chi connectivity index (χ4n) is 2.98. The van der Waals surface area contributed by atoms with E-state index in [2.05, 4.69) is 22.7 Å². The SMILES string of the molecule is O=C(OC(=O)C(F)(F)F)[C@@H](NS(=O)(=O)c1ccccc1F)C1(CS)CCNCC1. The largest absolute Gasteiger partial charge is 0.491 e. The van der Waals surface area contributed by atoms with Crippen molar-refractivity contribution in [3.05, 3.63) is 30.1 Å². The molecular formula is C16H18F4N2O5S2. The van der Waals surface area contributed by atoms with Crippen molar-refractivity contribution in [2.75, 3.05) is 18.8 Å². The first kappa shape index (κ1) is 23.6. The molecule has 0 aromatic heterocycles. The number of alkyl halides is 3. The molecule has 1 saturated heterocycles. The van der Waals surface area contributed by atoms with E-state index in [1.165, 1.54) is 12.1 Å². The summed E-state index contributed by atoms with van der Waals surface area (Å²) < 4.78 is 82.6. The summed E-state index contributed by atoms with van der Waals surface area (Å²) in [6.07, 6.45) is -5.15. The van der Waals surface area contributed by atoms with Crippen LogP contribution in [0.15, 0.2) is 29.2 Å². The second-order valence-corrected chi connectivity index (χ2v) is 8.46. The number of halogens is 4. The summed E-state index contributed by atoms with van der Waals surface area (Å²) in [5.41, 5.74) is -1.25. The molecule has 0 bridgehead atoms. The first-order valence-electron chi connectivity index (χ1n) is 8.34. The number of benzene rings is 1. The lowest BCUT2D eigenvalue weighted by Gasteiger charge is -2.41. The minimum absolute atomic E-state index is 0.103. The van der Waals surface area contributed by atoms with Gasteiger partial charge in [-0.15, -0.1) is 0 Å². The van der Waals surface area contributed by atoms with Gasteiger partial charge in [-0.3, -0.25) is 0 Å². The molecule has 0 amide bonds. The quantitative estimate of drug-likeness (QED) is 0.258. The van der Waals surface area contributed by atoms with Crippen molar-refractivity contribution in [3.8, 4) is 0 Å². The van der Waals surface area contributed by atoms with Crippen LogP contribution in [-0.4, -0.2) is 51.4 Å². The molecule has 0 radical (unpaired) electrons. The highest BCUT2D eigenvalue weighted by molar-refractivity contribution is 7.89. The highest BCUT2D eigenvalue weighted by atomic mass is 32.2. The summed E-state index contributed by atoms with van der Waals surface area (Å²) in [6.45, 7) is 0.637. The Hall–Kier alpha value is -1.70. The van der Waals surface area contributed by atoms with Gasteiger partial charge in [-0.2, -0.15) is 30.5 Å². The minimum Gasteiger partial charge on any atom is -0.385 e. The number of nitrogens with one attached hydrogen (secondary N) is 2. The molecule has 2 N–H and O–H groups in total. The number of esters is 2. The number of sulfonamides is 1. The van der Waals surface area contributed by atoms with Gasteiger partial charge in [-0.25, -0.2) is 22.4 Å². The van der Waals surface area contributed by atoms with E-state index in [0.717, 1.165) is 12.1 Å². The molecule has 1 aromatic carbocycles. The summed E-state index contributed by atoms with van der Waals surface area (Å²) in [5.74, 6) is -5.73. The van der Waals surface area contributed by atoms with Crippen molar-refractivity contribution in [2.24, 2.45) is 5.41 Å². The normalized spacial score (nSPS) is 18.1. The fourth-order valence-corrected chi connectivity index (χ4v) is 4.84. The van der Waals surface area contributed by atoms with Gasteiger partial charge in [0.2, 0.25) is 10.0 Å². The van der Waals surface area contributed by atoms with Crippen LogP contribution < -0.4 is 10.0 Å². The highest BCUT2D eigenvalue weighted by Crippen LogP contribution is 2.36. The molecule has 1 heterocycles. The Morgan fingerprint density at radius 3 is 2.34 bits per heavy atom. The summed E-state index contributed by atoms with van der Waals surface area (Å²) >= 11 is 4.14. The molecule has 1 fully saturated rings. The molecule has 1 aromatic rings. The summed E-state index contributed by atoms with van der Waals surface area (Å²) in [5, 5.41) is 2.97. The van der Waals surface area contributed by atoms with Gasteiger partial charge in [0, 0.05) is 5.41 Å². The Kier molecular flexibility index (Phi) is 7.30. The van der Waals surface area contributed by atoms with E-state index in [0.29, 0.717) is 13.1 Å². The van der Waals surface area contributed by atoms with Gasteiger partial charge < -0.3 is 10.1 Å². The number of hydrogen-bond acceptors (Lipinski definition) is 7. The maximum absolute atomic E-state index is 14.0. The molecule has 162 valence electrons. The third-order valence-electron chi connectivity index (χ3n) is 4.59. The van der Waals surface area contributed by atoms with Crippen molar-refractivity contribution < 1.29 is 40.3 Å². The first-order valence-corrected chi connectivity index (χ1v) is 10.5. The predicted octanol–water partition coefficient (Wildman–Crippen LogP) is 1.40. The molecule has 0 saturated carbocycles. The zero-order valence-corrected chi connectivity index (χ0v) is 16.5. The molecule has 0 spiro atoms. The monoisotopic (exact) mass is 458 g/mol. The van der Waals surface area contributed by atoms with Crippen LogP contribution in [0.5, 0.6) is 0 Å². The van der Waals surface area contributed by atoms with Crippen LogP contribution in [0.2, 0.25) is 0 Å². The molecule has 1 aliphatic heterocycles. The van der Waals surface area contributed by atoms with Crippen LogP contribution in [-0.2, 0) is 24.3 Å². The number of hydrogen-bond donors (Lipinski definition) is 3. The van der Waals surface area contributed by atoms with Crippen molar-refractivity contribution >= 4 is 34.6 Å². The molecule has 0 aliphatic carbocycles. The van der Waals surface area contributed by atoms with E-state index in [9.17, 15) is 35.6 Å². The Morgan fingerprint density at radius 2 is 1.83 bits per heavy atom. The second-order valence-electron chi connectivity index (χ2n) is 6.46. The number of thiol groups is 1. The molecule has 1 aliphatic rings. The van der Waals surface area contributed by atoms with Gasteiger partial charge in [0.15, 0.2) is 0 Å². The van der Waals surface area contributed by atoms with Crippen molar-refractivity contribution in [2.45, 2.75) is 30.0 Å². The number of carbonyl (C=O) groups excluding carboxylic acids is 2. The molecule has 29 heavy (non-hydrogen) atoms. The average Bonchev–Trinajstić information content (AvgIpc) is 2.66. The summed E-state index contributed by atoms with van der Waals surface area (Å²) in [6, 6.07) is 2.38. The predicted molar refractivity (Wildman–Crippen MR) is 96.1 cm³/mol. The third kappa shape index (κ3) is 5.47. The smallest absolute Gasteiger partial charge is 0.385 e. The molecule has 2 rings (SSSR count). The van der Waals surface area contributed by atoms with Crippen molar-refractivity contribution in [1.82, 2.24) is 10.0 Å². The van der Waals surface area contributed by atoms with E-state index in [1.54, 1.807) is 0 Å². The van der Waals surface area contributed by atoms with Crippen LogP contribution in [0.4, 0.5) is 17.6 Å². The van der Waals surface area contributed by atoms with Gasteiger partial charge in [-0.05, 0) is 43.8 Å². The zero-order valence-electron chi connectivity index (χ0n) is 14.8. The topological polar surface area (TPSA) is 102 Å². The third-order valence-corrected chi connectivity index (χ3v) is 6.67. The van der Waals surface area contributed by atoms with E-state index in [-0.39, 0.29) is 18.6 Å². The van der Waals surface area contributed by atoms with Gasteiger partial charge in [0.05, 0.1) is 0 Å². The summed E-state index contributed by atoms with van der Waals surface area (Å²) in [7, 11) is -4.68. The van der Waals surface area contributed by atoms with Crippen LogP contribution >= 0.6 is 12.6 Å². The molecule has 7 nitrogen and oxygen atoms in total. The first-order chi connectivity index (χ1) is 13.4. The molecule has 13 heteroatoms. The van der Waals surface area contributed by atoms with Crippen LogP contribution in [0, 0.1) is 11.2 Å². The number of rotatable bonds is 6. The maximum Gasteiger partial charge on any atom is 0.491 e. The van der Waals surface area contributed by atoms with E-state index in [1.807, 2.05) is 4.72 Å². The van der Waals surface area contributed by atoms with Gasteiger partial charge in [0.1, 0.15) is 16.8 Å². The highest BCUT2D eigenvalue weighted by Gasteiger charge is 2.49. The lowest BCUT2D eigenvalue weighted by Crippen LogP contribution is -2.58. The summed E-state index contributed by atoms with van der Waals surface area (Å²) in [4.78, 5) is 22.7. The van der Waals surface area contributed by atoms with Gasteiger partial charge >= 0.3 is 18.1 Å². The van der Waals surface area contributed by atoms with Crippen LogP contribution in [0.3, 0.4) is 0 Å². The Balaban J connectivity index is 2.43. The van der Waals surface area contributed by atoms with E-state index >= 15 is 0 Å². The Morgan fingerprint density at radius 1 is 1.24 bits per heavy atom. The fraction of sp³-hybridized carbons (Fsp3) is 0.500. The van der Waals surface area contributed by atoms with Crippen LogP contribution in [0.25, 0.3) is 0 Å². The van der Waals surface area contributed by atoms with Crippen molar-refractivity contribution in [3.63, 3.8) is 0 Å². The maximum atomic E-state index is 14.0. The molecule has 0 unspecified atom stereocenters. The number of piperidine rings is 1. The average molecular weight is 458 g/mol. The standard InChI is InChI=1S/C16H18F4N2O5S2/c17-10-3-1-2-4-11(10)29(25,26)22-12(13(23)27-14(24)16(18,19)20)15(9-28)5-7-21-8-6-15/h1-4,12,21-22,28H,5-9H2/t12-/m1/s1. The molecular weight excluding hydrogens is 440 g/mol. The number of ether oxygens (including phenoxy) is 1. The lowest BCUT2D eigenvalue weighted by atomic mass is 9.74. The minimum atomic E-state index is -5.45. The Bertz CT molecular complexity index is 870. The Labute approximate surface area is 169 Å².